The first kappa shape index (κ1) is 38.4. The molecule has 56 heavy (non-hydrogen) atoms. The summed E-state index contributed by atoms with van der Waals surface area (Å²) in [6, 6.07) is 15.2. The molecule has 0 bridgehead atoms. The highest BCUT2D eigenvalue weighted by molar-refractivity contribution is 6.01. The third kappa shape index (κ3) is 7.64. The molecule has 3 aromatic carbocycles. The minimum Gasteiger partial charge on any atom is -0.453 e. The van der Waals surface area contributed by atoms with Crippen LogP contribution in [0.25, 0.3) is 44.1 Å². The number of H-pyrrole nitrogens is 2. The van der Waals surface area contributed by atoms with Gasteiger partial charge in [-0.2, -0.15) is 0 Å². The van der Waals surface area contributed by atoms with Crippen molar-refractivity contribution in [2.24, 2.45) is 11.8 Å². The summed E-state index contributed by atoms with van der Waals surface area (Å²) < 4.78 is 9.54. The van der Waals surface area contributed by atoms with Crippen LogP contribution in [-0.4, -0.2) is 93.1 Å². The van der Waals surface area contributed by atoms with E-state index in [1.807, 2.05) is 49.9 Å². The van der Waals surface area contributed by atoms with Crippen molar-refractivity contribution in [1.82, 2.24) is 40.4 Å². The number of ether oxygens (including phenoxy) is 2. The van der Waals surface area contributed by atoms with Gasteiger partial charge in [0.25, 0.3) is 0 Å². The highest BCUT2D eigenvalue weighted by atomic mass is 16.5. The summed E-state index contributed by atoms with van der Waals surface area (Å²) in [5, 5.41) is 9.76. The molecule has 0 unspecified atom stereocenters. The van der Waals surface area contributed by atoms with Crippen LogP contribution in [-0.2, 0) is 19.1 Å². The first-order chi connectivity index (χ1) is 26.9. The molecular formula is C42H50N8O6. The molecule has 294 valence electrons. The van der Waals surface area contributed by atoms with E-state index in [4.69, 9.17) is 19.4 Å². The van der Waals surface area contributed by atoms with E-state index in [0.29, 0.717) is 13.1 Å². The number of nitrogens with one attached hydrogen (secondary N) is 4. The van der Waals surface area contributed by atoms with Gasteiger partial charge in [0.2, 0.25) is 11.8 Å². The first-order valence-electron chi connectivity index (χ1n) is 19.3. The Morgan fingerprint density at radius 2 is 1.05 bits per heavy atom. The predicted octanol–water partition coefficient (Wildman–Crippen LogP) is 6.86. The number of aromatic nitrogens is 4. The molecule has 4 atom stereocenters. The molecular weight excluding hydrogens is 713 g/mol. The van der Waals surface area contributed by atoms with Crippen LogP contribution in [0.2, 0.25) is 0 Å². The quantitative estimate of drug-likeness (QED) is 0.112. The van der Waals surface area contributed by atoms with E-state index in [0.717, 1.165) is 81.4 Å². The van der Waals surface area contributed by atoms with Crippen LogP contribution in [0.3, 0.4) is 0 Å². The van der Waals surface area contributed by atoms with Crippen molar-refractivity contribution in [3.63, 3.8) is 0 Å². The number of alkyl carbamates (subject to hydrolysis) is 2. The van der Waals surface area contributed by atoms with Gasteiger partial charge in [-0.05, 0) is 83.3 Å². The van der Waals surface area contributed by atoms with E-state index in [1.165, 1.54) is 14.2 Å². The fraction of sp³-hybridized carbons (Fsp3) is 0.429. The van der Waals surface area contributed by atoms with Crippen molar-refractivity contribution in [2.75, 3.05) is 27.3 Å². The van der Waals surface area contributed by atoms with Crippen molar-refractivity contribution in [3.05, 3.63) is 72.6 Å². The molecule has 0 aliphatic carbocycles. The van der Waals surface area contributed by atoms with Crippen LogP contribution in [0.5, 0.6) is 0 Å². The molecule has 14 heteroatoms. The monoisotopic (exact) mass is 762 g/mol. The Bertz CT molecular complexity index is 2100. The number of methoxy groups -OCH3 is 2. The zero-order valence-corrected chi connectivity index (χ0v) is 32.7. The summed E-state index contributed by atoms with van der Waals surface area (Å²) >= 11 is 0. The number of hydrogen-bond acceptors (Lipinski definition) is 8. The zero-order valence-electron chi connectivity index (χ0n) is 32.7. The summed E-state index contributed by atoms with van der Waals surface area (Å²) in [6.45, 7) is 8.79. The van der Waals surface area contributed by atoms with Crippen molar-refractivity contribution >= 4 is 45.5 Å². The lowest BCUT2D eigenvalue weighted by Crippen LogP contribution is -2.51. The Balaban J connectivity index is 1.08. The number of nitrogens with zero attached hydrogens (tertiary/aromatic N) is 4. The van der Waals surface area contributed by atoms with Gasteiger partial charge < -0.3 is 39.9 Å². The molecule has 0 spiro atoms. The predicted molar refractivity (Wildman–Crippen MR) is 212 cm³/mol. The lowest BCUT2D eigenvalue weighted by atomic mass is 9.99. The maximum Gasteiger partial charge on any atom is 0.407 e. The second-order valence-corrected chi connectivity index (χ2v) is 15.4. The molecule has 7 rings (SSSR count). The number of rotatable bonds is 10. The number of hydrogen-bond donors (Lipinski definition) is 4. The average Bonchev–Trinajstić information content (AvgIpc) is 4.03. The molecule has 5 aromatic rings. The van der Waals surface area contributed by atoms with E-state index in [9.17, 15) is 19.2 Å². The number of aromatic amines is 2. The largest absolute Gasteiger partial charge is 0.453 e. The number of carbonyl (C=O) groups is 4. The van der Waals surface area contributed by atoms with Gasteiger partial charge >= 0.3 is 12.2 Å². The number of likely N-dealkylation sites (tertiary alicyclic amines) is 2. The zero-order chi connectivity index (χ0) is 39.7. The third-order valence-corrected chi connectivity index (χ3v) is 11.1. The summed E-state index contributed by atoms with van der Waals surface area (Å²) in [5.41, 5.74) is 3.70. The summed E-state index contributed by atoms with van der Waals surface area (Å²) in [7, 11) is 2.58. The summed E-state index contributed by atoms with van der Waals surface area (Å²) in [5.74, 6) is 0.951. The van der Waals surface area contributed by atoms with E-state index in [2.05, 4.69) is 69.1 Å². The topological polar surface area (TPSA) is 175 Å². The van der Waals surface area contributed by atoms with E-state index in [1.54, 1.807) is 0 Å². The molecule has 2 aliphatic heterocycles. The van der Waals surface area contributed by atoms with Crippen LogP contribution in [0.4, 0.5) is 9.59 Å². The third-order valence-electron chi connectivity index (χ3n) is 11.1. The van der Waals surface area contributed by atoms with Gasteiger partial charge in [-0.1, -0.05) is 52.0 Å². The molecule has 4 N–H and O–H groups in total. The van der Waals surface area contributed by atoms with Gasteiger partial charge in [-0.3, -0.25) is 9.59 Å². The van der Waals surface area contributed by atoms with Gasteiger partial charge in [0.15, 0.2) is 0 Å². The standard InChI is InChI=1S/C42H50N8O6/c1-23(2)35(47-41(53)55-5)39(51)49-15-7-9-33(49)37-43-21-31(45-37)27-13-11-25-18-30-20-28(14-12-26(30)17-29(25)19-27)32-22-44-38(46-32)34-10-8-16-50(34)40(52)36(24(3)4)48-42(54)56-6/h11-14,17-24,33-36H,7-10,15-16H2,1-6H3,(H,43,45)(H,44,46)(H,47,53)(H,48,54)/t33-,34-,35-,36-/m0/s1. The van der Waals surface area contributed by atoms with Crippen LogP contribution < -0.4 is 10.6 Å². The number of carbonyl (C=O) groups excluding carboxylic acids is 4. The molecule has 0 radical (unpaired) electrons. The van der Waals surface area contributed by atoms with Crippen molar-refractivity contribution in [3.8, 4) is 22.5 Å². The molecule has 2 fully saturated rings. The lowest BCUT2D eigenvalue weighted by Gasteiger charge is -2.30. The maximum absolute atomic E-state index is 13.6. The highest BCUT2D eigenvalue weighted by Gasteiger charge is 2.39. The Morgan fingerprint density at radius 1 is 0.643 bits per heavy atom. The minimum absolute atomic E-state index is 0.108. The number of fused-ring (bicyclic) bond motifs is 2. The van der Waals surface area contributed by atoms with Gasteiger partial charge in [-0.15, -0.1) is 0 Å². The van der Waals surface area contributed by atoms with E-state index >= 15 is 0 Å². The number of amides is 4. The van der Waals surface area contributed by atoms with Gasteiger partial charge in [0.1, 0.15) is 23.7 Å². The molecule has 2 saturated heterocycles. The average molecular weight is 763 g/mol. The van der Waals surface area contributed by atoms with E-state index < -0.39 is 24.3 Å². The molecule has 2 aliphatic rings. The SMILES string of the molecule is COC(=O)N[C@H](C(=O)N1CCC[C@H]1c1ncc(-c2ccc3cc4cc(-c5cnc([C@@H]6CCCN6C(=O)[C@@H](NC(=O)OC)C(C)C)[nH]5)ccc4cc3c2)[nH]1)C(C)C. The Kier molecular flexibility index (Phi) is 11.0. The smallest absolute Gasteiger partial charge is 0.407 e. The summed E-state index contributed by atoms with van der Waals surface area (Å²) in [4.78, 5) is 71.2. The fourth-order valence-corrected chi connectivity index (χ4v) is 8.02. The second-order valence-electron chi connectivity index (χ2n) is 15.4. The normalized spacial score (nSPS) is 18.1. The van der Waals surface area contributed by atoms with Gasteiger partial charge in [-0.25, -0.2) is 19.6 Å². The van der Waals surface area contributed by atoms with Crippen molar-refractivity contribution < 1.29 is 28.7 Å². The van der Waals surface area contributed by atoms with Crippen molar-refractivity contribution in [1.29, 1.82) is 0 Å². The molecule has 4 amide bonds. The summed E-state index contributed by atoms with van der Waals surface area (Å²) in [6.07, 6.45) is 5.64. The first-order valence-corrected chi connectivity index (χ1v) is 19.3. The number of benzene rings is 3. The Morgan fingerprint density at radius 3 is 1.43 bits per heavy atom. The maximum atomic E-state index is 13.6. The van der Waals surface area contributed by atoms with Gasteiger partial charge in [0.05, 0.1) is 50.1 Å². The Labute approximate surface area is 325 Å². The Hall–Kier alpha value is -5.92. The van der Waals surface area contributed by atoms with Crippen LogP contribution in [0.15, 0.2) is 60.9 Å². The molecule has 14 nitrogen and oxygen atoms in total. The van der Waals surface area contributed by atoms with Gasteiger partial charge in [0, 0.05) is 24.2 Å². The minimum atomic E-state index is -0.692. The van der Waals surface area contributed by atoms with Crippen LogP contribution >= 0.6 is 0 Å². The van der Waals surface area contributed by atoms with Crippen LogP contribution in [0.1, 0.15) is 77.1 Å². The number of imidazole rings is 2. The molecule has 4 heterocycles. The lowest BCUT2D eigenvalue weighted by molar-refractivity contribution is -0.136. The highest BCUT2D eigenvalue weighted by Crippen LogP contribution is 2.36. The van der Waals surface area contributed by atoms with Crippen molar-refractivity contribution in [2.45, 2.75) is 77.5 Å². The molecule has 2 aromatic heterocycles. The van der Waals surface area contributed by atoms with Crippen LogP contribution in [0, 0.1) is 11.8 Å². The fourth-order valence-electron chi connectivity index (χ4n) is 8.02. The van der Waals surface area contributed by atoms with E-state index in [-0.39, 0.29) is 35.7 Å². The molecule has 0 saturated carbocycles. The second kappa shape index (κ2) is 16.0.